The average Bonchev–Trinajstić information content (AvgIpc) is 2.86. The number of benzene rings is 2. The molecular weight excluding hydrogens is 349 g/mol. The van der Waals surface area contributed by atoms with Crippen LogP contribution in [-0.4, -0.2) is 16.8 Å². The van der Waals surface area contributed by atoms with E-state index in [1.165, 1.54) is 0 Å². The van der Waals surface area contributed by atoms with Crippen molar-refractivity contribution in [2.24, 2.45) is 4.99 Å². The van der Waals surface area contributed by atoms with E-state index in [9.17, 15) is 9.90 Å². The molecule has 4 nitrogen and oxygen atoms in total. The molecule has 1 unspecified atom stereocenters. The van der Waals surface area contributed by atoms with E-state index in [0.29, 0.717) is 27.0 Å². The van der Waals surface area contributed by atoms with E-state index in [1.807, 2.05) is 6.07 Å². The van der Waals surface area contributed by atoms with Crippen LogP contribution in [0.3, 0.4) is 0 Å². The summed E-state index contributed by atoms with van der Waals surface area (Å²) in [7, 11) is 0. The van der Waals surface area contributed by atoms with Crippen molar-refractivity contribution in [3.05, 3.63) is 75.5 Å². The molecule has 6 heteroatoms. The second kappa shape index (κ2) is 6.67. The second-order valence-corrected chi connectivity index (χ2v) is 6.09. The Morgan fingerprint density at radius 3 is 2.58 bits per heavy atom. The van der Waals surface area contributed by atoms with Crippen LogP contribution in [-0.2, 0) is 9.53 Å². The minimum absolute atomic E-state index is 0.0416. The molecule has 0 radical (unpaired) electrons. The molecule has 1 heterocycles. The molecule has 0 fully saturated rings. The Balaban J connectivity index is 2.00. The Bertz CT molecular complexity index is 860. The second-order valence-electron chi connectivity index (χ2n) is 5.25. The van der Waals surface area contributed by atoms with Gasteiger partial charge in [-0.25, -0.2) is 4.79 Å². The zero-order chi connectivity index (χ0) is 17.3. The third kappa shape index (κ3) is 3.16. The smallest absolute Gasteiger partial charge is 0.344 e. The highest BCUT2D eigenvalue weighted by Crippen LogP contribution is 2.35. The van der Waals surface area contributed by atoms with E-state index < -0.39 is 12.1 Å². The molecule has 2 aromatic rings. The summed E-state index contributed by atoms with van der Waals surface area (Å²) in [5.74, 6) is -0.786. The van der Waals surface area contributed by atoms with Crippen LogP contribution in [0.25, 0.3) is 0 Å². The zero-order valence-corrected chi connectivity index (χ0v) is 14.2. The Morgan fingerprint density at radius 2 is 1.88 bits per heavy atom. The number of halogens is 2. The molecule has 0 aromatic heterocycles. The first kappa shape index (κ1) is 16.6. The first-order valence-electron chi connectivity index (χ1n) is 7.17. The van der Waals surface area contributed by atoms with Gasteiger partial charge in [0, 0.05) is 10.6 Å². The molecule has 122 valence electrons. The van der Waals surface area contributed by atoms with Gasteiger partial charge in [-0.15, -0.1) is 0 Å². The number of aliphatic hydroxyl groups is 1. The molecule has 0 bridgehead atoms. The maximum Gasteiger partial charge on any atom is 0.344 e. The number of ether oxygens (including phenoxy) is 1. The van der Waals surface area contributed by atoms with Crippen molar-refractivity contribution in [2.45, 2.75) is 13.0 Å². The van der Waals surface area contributed by atoms with Gasteiger partial charge >= 0.3 is 5.97 Å². The van der Waals surface area contributed by atoms with Gasteiger partial charge in [-0.1, -0.05) is 53.5 Å². The summed E-state index contributed by atoms with van der Waals surface area (Å²) in [6.07, 6.45) is -0.825. The summed E-state index contributed by atoms with van der Waals surface area (Å²) >= 11 is 12.0. The summed E-state index contributed by atoms with van der Waals surface area (Å²) in [6, 6.07) is 13.8. The van der Waals surface area contributed by atoms with Gasteiger partial charge in [0.2, 0.25) is 0 Å². The van der Waals surface area contributed by atoms with Crippen LogP contribution in [0.4, 0.5) is 5.69 Å². The Labute approximate surface area is 149 Å². The van der Waals surface area contributed by atoms with E-state index in [-0.39, 0.29) is 11.3 Å². The lowest BCUT2D eigenvalue weighted by Crippen LogP contribution is -2.07. The number of hydrogen-bond donors (Lipinski definition) is 1. The van der Waals surface area contributed by atoms with Gasteiger partial charge in [-0.2, -0.15) is 0 Å². The molecular formula is C18H13Cl2NO3. The summed E-state index contributed by atoms with van der Waals surface area (Å²) in [6.45, 7) is 1.61. The van der Waals surface area contributed by atoms with E-state index >= 15 is 0 Å². The maximum atomic E-state index is 12.2. The van der Waals surface area contributed by atoms with Gasteiger partial charge in [0.15, 0.2) is 11.9 Å². The van der Waals surface area contributed by atoms with Crippen LogP contribution >= 0.6 is 23.2 Å². The van der Waals surface area contributed by atoms with Gasteiger partial charge in [0.1, 0.15) is 5.57 Å². The standard InChI is InChI=1S/C18H13Cl2NO3/c1-10(21-14-9-12(19)7-8-13(14)20)15-16(22)17(24-18(15)23)11-5-3-2-4-6-11/h2-9,17,22H,1H3. The summed E-state index contributed by atoms with van der Waals surface area (Å²) in [4.78, 5) is 16.5. The average molecular weight is 362 g/mol. The van der Waals surface area contributed by atoms with Crippen molar-refractivity contribution >= 4 is 40.6 Å². The highest BCUT2D eigenvalue weighted by molar-refractivity contribution is 6.35. The van der Waals surface area contributed by atoms with Crippen LogP contribution in [0.5, 0.6) is 0 Å². The number of carbonyl (C=O) groups excluding carboxylic acids is 1. The molecule has 1 atom stereocenters. The van der Waals surface area contributed by atoms with E-state index in [2.05, 4.69) is 4.99 Å². The summed E-state index contributed by atoms with van der Waals surface area (Å²) < 4.78 is 5.28. The zero-order valence-electron chi connectivity index (χ0n) is 12.7. The predicted molar refractivity (Wildman–Crippen MR) is 94.2 cm³/mol. The van der Waals surface area contributed by atoms with Crippen molar-refractivity contribution in [1.82, 2.24) is 0 Å². The minimum atomic E-state index is -0.825. The fourth-order valence-corrected chi connectivity index (χ4v) is 2.78. The highest BCUT2D eigenvalue weighted by Gasteiger charge is 2.36. The van der Waals surface area contributed by atoms with Crippen LogP contribution < -0.4 is 0 Å². The van der Waals surface area contributed by atoms with Crippen LogP contribution in [0.1, 0.15) is 18.6 Å². The fraction of sp³-hybridized carbons (Fsp3) is 0.111. The van der Waals surface area contributed by atoms with E-state index in [0.717, 1.165) is 0 Å². The summed E-state index contributed by atoms with van der Waals surface area (Å²) in [5.41, 5.74) is 1.45. The molecule has 0 saturated carbocycles. The van der Waals surface area contributed by atoms with Gasteiger partial charge < -0.3 is 9.84 Å². The van der Waals surface area contributed by atoms with Crippen molar-refractivity contribution in [2.75, 3.05) is 0 Å². The van der Waals surface area contributed by atoms with Crippen LogP contribution in [0, 0.1) is 0 Å². The van der Waals surface area contributed by atoms with Crippen molar-refractivity contribution in [3.63, 3.8) is 0 Å². The third-order valence-electron chi connectivity index (χ3n) is 3.59. The van der Waals surface area contributed by atoms with Gasteiger partial charge in [0.25, 0.3) is 0 Å². The lowest BCUT2D eigenvalue weighted by Gasteiger charge is -2.09. The SMILES string of the molecule is CC(=Nc1cc(Cl)ccc1Cl)C1=C(O)C(c2ccccc2)OC1=O. The maximum absolute atomic E-state index is 12.2. The third-order valence-corrected chi connectivity index (χ3v) is 4.15. The quantitative estimate of drug-likeness (QED) is 0.603. The lowest BCUT2D eigenvalue weighted by molar-refractivity contribution is -0.140. The Kier molecular flexibility index (Phi) is 4.60. The normalized spacial score (nSPS) is 18.0. The molecule has 0 aliphatic carbocycles. The van der Waals surface area contributed by atoms with Crippen LogP contribution in [0.2, 0.25) is 10.0 Å². The molecule has 24 heavy (non-hydrogen) atoms. The van der Waals surface area contributed by atoms with E-state index in [1.54, 1.807) is 49.4 Å². The number of hydrogen-bond acceptors (Lipinski definition) is 4. The number of rotatable bonds is 3. The molecule has 0 spiro atoms. The number of aliphatic hydroxyl groups excluding tert-OH is 1. The van der Waals surface area contributed by atoms with Gasteiger partial charge in [-0.3, -0.25) is 4.99 Å². The molecule has 0 amide bonds. The molecule has 1 N–H and O–H groups in total. The first-order valence-corrected chi connectivity index (χ1v) is 7.92. The Morgan fingerprint density at radius 1 is 1.17 bits per heavy atom. The van der Waals surface area contributed by atoms with Crippen molar-refractivity contribution in [1.29, 1.82) is 0 Å². The number of carbonyl (C=O) groups is 1. The summed E-state index contributed by atoms with van der Waals surface area (Å²) in [5, 5.41) is 11.3. The molecule has 0 saturated heterocycles. The monoisotopic (exact) mass is 361 g/mol. The number of cyclic esters (lactones) is 1. The number of aliphatic imine (C=N–C) groups is 1. The predicted octanol–water partition coefficient (Wildman–Crippen LogP) is 5.20. The lowest BCUT2D eigenvalue weighted by atomic mass is 10.0. The van der Waals surface area contributed by atoms with Crippen LogP contribution in [0.15, 0.2) is 64.9 Å². The Hall–Kier alpha value is -2.30. The molecule has 1 aliphatic rings. The molecule has 2 aromatic carbocycles. The fourth-order valence-electron chi connectivity index (χ4n) is 2.45. The minimum Gasteiger partial charge on any atom is -0.507 e. The largest absolute Gasteiger partial charge is 0.507 e. The molecule has 3 rings (SSSR count). The van der Waals surface area contributed by atoms with Gasteiger partial charge in [0.05, 0.1) is 16.4 Å². The topological polar surface area (TPSA) is 58.9 Å². The number of nitrogens with zero attached hydrogens (tertiary/aromatic N) is 1. The van der Waals surface area contributed by atoms with Gasteiger partial charge in [-0.05, 0) is 25.1 Å². The van der Waals surface area contributed by atoms with Crippen molar-refractivity contribution in [3.8, 4) is 0 Å². The van der Waals surface area contributed by atoms with Crippen molar-refractivity contribution < 1.29 is 14.6 Å². The first-order chi connectivity index (χ1) is 11.5. The van der Waals surface area contributed by atoms with E-state index in [4.69, 9.17) is 27.9 Å². The molecule has 1 aliphatic heterocycles. The number of esters is 1. The highest BCUT2D eigenvalue weighted by atomic mass is 35.5.